The van der Waals surface area contributed by atoms with E-state index in [0.29, 0.717) is 11.8 Å². The Morgan fingerprint density at radius 1 is 0.793 bits per heavy atom. The van der Waals surface area contributed by atoms with Gasteiger partial charge in [0.1, 0.15) is 5.66 Å². The fraction of sp³-hybridized carbons (Fsp3) is 0.259. The summed E-state index contributed by atoms with van der Waals surface area (Å²) in [6, 6.07) is 30.9. The molecule has 3 aromatic carbocycles. The second kappa shape index (κ2) is 6.52. The van der Waals surface area contributed by atoms with E-state index in [1.54, 1.807) is 0 Å². The second-order valence-electron chi connectivity index (χ2n) is 8.61. The molecule has 0 bridgehead atoms. The average molecular weight is 379 g/mol. The van der Waals surface area contributed by atoms with Gasteiger partial charge in [0.05, 0.1) is 11.4 Å². The molecule has 3 atom stereocenters. The van der Waals surface area contributed by atoms with E-state index < -0.39 is 0 Å². The minimum absolute atomic E-state index is 0.0393. The molecular formula is C27H26N2. The topological polar surface area (TPSA) is 15.3 Å². The summed E-state index contributed by atoms with van der Waals surface area (Å²) in [5.41, 5.74) is 6.63. The molecule has 6 rings (SSSR count). The molecule has 2 nitrogen and oxygen atoms in total. The summed E-state index contributed by atoms with van der Waals surface area (Å²) in [6.07, 6.45) is 7.58. The maximum absolute atomic E-state index is 4.04. The van der Waals surface area contributed by atoms with Crippen molar-refractivity contribution in [3.8, 4) is 0 Å². The normalized spacial score (nSPS) is 27.3. The number of rotatable bonds is 2. The Hall–Kier alpha value is -3.00. The molecular weight excluding hydrogens is 352 g/mol. The Morgan fingerprint density at radius 3 is 2.34 bits per heavy atom. The zero-order valence-corrected chi connectivity index (χ0v) is 16.6. The number of benzene rings is 3. The zero-order valence-electron chi connectivity index (χ0n) is 16.6. The molecule has 1 fully saturated rings. The summed E-state index contributed by atoms with van der Waals surface area (Å²) in [4.78, 5) is 2.64. The predicted octanol–water partition coefficient (Wildman–Crippen LogP) is 6.64. The highest BCUT2D eigenvalue weighted by Gasteiger charge is 2.56. The van der Waals surface area contributed by atoms with Crippen LogP contribution in [0.5, 0.6) is 0 Å². The first-order valence-electron chi connectivity index (χ1n) is 10.9. The summed E-state index contributed by atoms with van der Waals surface area (Å²) in [7, 11) is 0. The van der Waals surface area contributed by atoms with Crippen molar-refractivity contribution in [2.75, 3.05) is 10.2 Å². The fourth-order valence-corrected chi connectivity index (χ4v) is 5.91. The van der Waals surface area contributed by atoms with Gasteiger partial charge in [-0.25, -0.2) is 0 Å². The number of hydrogen-bond donors (Lipinski definition) is 1. The molecule has 2 heterocycles. The molecule has 2 heteroatoms. The third kappa shape index (κ3) is 2.48. The summed E-state index contributed by atoms with van der Waals surface area (Å²) in [6.45, 7) is 0. The van der Waals surface area contributed by atoms with E-state index in [9.17, 15) is 0 Å². The van der Waals surface area contributed by atoms with Crippen molar-refractivity contribution >= 4 is 17.1 Å². The van der Waals surface area contributed by atoms with Gasteiger partial charge in [-0.2, -0.15) is 0 Å². The molecule has 29 heavy (non-hydrogen) atoms. The van der Waals surface area contributed by atoms with Gasteiger partial charge >= 0.3 is 0 Å². The second-order valence-corrected chi connectivity index (χ2v) is 8.61. The number of allylic oxidation sites excluding steroid dienone is 1. The number of hydrogen-bond acceptors (Lipinski definition) is 2. The summed E-state index contributed by atoms with van der Waals surface area (Å²) in [5.74, 6) is 0.975. The maximum atomic E-state index is 4.04. The molecule has 0 unspecified atom stereocenters. The Balaban J connectivity index is 1.61. The lowest BCUT2D eigenvalue weighted by atomic mass is 9.66. The molecule has 3 aliphatic rings. The van der Waals surface area contributed by atoms with Gasteiger partial charge < -0.3 is 10.2 Å². The van der Waals surface area contributed by atoms with Crippen molar-refractivity contribution in [2.24, 2.45) is 5.92 Å². The largest absolute Gasteiger partial charge is 0.360 e. The van der Waals surface area contributed by atoms with Crippen LogP contribution in [-0.4, -0.2) is 5.66 Å². The smallest absolute Gasteiger partial charge is 0.119 e. The van der Waals surface area contributed by atoms with Crippen LogP contribution in [0.4, 0.5) is 11.4 Å². The van der Waals surface area contributed by atoms with Crippen LogP contribution < -0.4 is 10.2 Å². The van der Waals surface area contributed by atoms with Crippen molar-refractivity contribution in [2.45, 2.75) is 37.3 Å². The third-order valence-electron chi connectivity index (χ3n) is 7.10. The Bertz CT molecular complexity index is 1060. The van der Waals surface area contributed by atoms with E-state index >= 15 is 0 Å². The Morgan fingerprint density at radius 2 is 1.52 bits per heavy atom. The van der Waals surface area contributed by atoms with Gasteiger partial charge in [0, 0.05) is 17.5 Å². The summed E-state index contributed by atoms with van der Waals surface area (Å²) < 4.78 is 0. The first-order valence-corrected chi connectivity index (χ1v) is 10.9. The van der Waals surface area contributed by atoms with Gasteiger partial charge in [0.25, 0.3) is 0 Å². The van der Waals surface area contributed by atoms with Crippen molar-refractivity contribution < 1.29 is 0 Å². The van der Waals surface area contributed by atoms with Crippen LogP contribution in [0.25, 0.3) is 5.70 Å². The SMILES string of the molecule is C1=C(c2ccccc2)N2c3ccccc3N[C@]23CCCC[C@@H]3[C@H]1c1ccccc1. The molecule has 144 valence electrons. The van der Waals surface area contributed by atoms with Crippen LogP contribution in [0.2, 0.25) is 0 Å². The number of fused-ring (bicyclic) bond motifs is 2. The molecule has 0 radical (unpaired) electrons. The fourth-order valence-electron chi connectivity index (χ4n) is 5.91. The molecule has 1 aliphatic carbocycles. The number of nitrogens with one attached hydrogen (secondary N) is 1. The highest BCUT2D eigenvalue weighted by Crippen LogP contribution is 2.58. The van der Waals surface area contributed by atoms with E-state index in [-0.39, 0.29) is 5.66 Å². The van der Waals surface area contributed by atoms with Crippen LogP contribution in [0.1, 0.15) is 42.7 Å². The van der Waals surface area contributed by atoms with Crippen molar-refractivity contribution in [3.05, 3.63) is 102 Å². The Kier molecular flexibility index (Phi) is 3.80. The van der Waals surface area contributed by atoms with Crippen LogP contribution in [-0.2, 0) is 0 Å². The molecule has 0 saturated heterocycles. The quantitative estimate of drug-likeness (QED) is 0.537. The van der Waals surface area contributed by atoms with Crippen molar-refractivity contribution in [1.82, 2.24) is 0 Å². The maximum Gasteiger partial charge on any atom is 0.119 e. The standard InChI is InChI=1S/C27H26N2/c1-3-11-20(12-4-1)22-19-26(21-13-5-2-6-14-21)29-25-17-8-7-16-24(25)28-27(29)18-10-9-15-23(22)27/h1-8,11-14,16-17,19,22-23,28H,9-10,15,18H2/t22-,23-,27-/m1/s1. The van der Waals surface area contributed by atoms with Gasteiger partial charge in [-0.15, -0.1) is 0 Å². The number of anilines is 2. The van der Waals surface area contributed by atoms with E-state index in [0.717, 1.165) is 0 Å². The zero-order chi connectivity index (χ0) is 19.3. The van der Waals surface area contributed by atoms with E-state index in [4.69, 9.17) is 0 Å². The first kappa shape index (κ1) is 16.9. The lowest BCUT2D eigenvalue weighted by molar-refractivity contribution is 0.198. The number of nitrogens with zero attached hydrogens (tertiary/aromatic N) is 1. The number of para-hydroxylation sites is 2. The summed E-state index contributed by atoms with van der Waals surface area (Å²) >= 11 is 0. The van der Waals surface area contributed by atoms with Gasteiger partial charge in [-0.05, 0) is 42.5 Å². The van der Waals surface area contributed by atoms with Crippen LogP contribution in [0.3, 0.4) is 0 Å². The van der Waals surface area contributed by atoms with Crippen molar-refractivity contribution in [1.29, 1.82) is 0 Å². The third-order valence-corrected chi connectivity index (χ3v) is 7.10. The van der Waals surface area contributed by atoms with E-state index in [1.165, 1.54) is 53.9 Å². The molecule has 1 saturated carbocycles. The van der Waals surface area contributed by atoms with Crippen LogP contribution in [0.15, 0.2) is 91.0 Å². The lowest BCUT2D eigenvalue weighted by Crippen LogP contribution is -2.60. The predicted molar refractivity (Wildman–Crippen MR) is 121 cm³/mol. The first-order chi connectivity index (χ1) is 14.4. The van der Waals surface area contributed by atoms with E-state index in [2.05, 4.69) is 101 Å². The van der Waals surface area contributed by atoms with Crippen LogP contribution in [0, 0.1) is 5.92 Å². The highest BCUT2D eigenvalue weighted by atomic mass is 15.4. The van der Waals surface area contributed by atoms with Gasteiger partial charge in [0.15, 0.2) is 0 Å². The molecule has 1 spiro atoms. The molecule has 0 aromatic heterocycles. The average Bonchev–Trinajstić information content (AvgIpc) is 3.13. The van der Waals surface area contributed by atoms with Gasteiger partial charge in [0.2, 0.25) is 0 Å². The minimum atomic E-state index is -0.0393. The molecule has 2 aliphatic heterocycles. The highest BCUT2D eigenvalue weighted by molar-refractivity contribution is 5.93. The minimum Gasteiger partial charge on any atom is -0.360 e. The monoisotopic (exact) mass is 378 g/mol. The van der Waals surface area contributed by atoms with Crippen molar-refractivity contribution in [3.63, 3.8) is 0 Å². The lowest BCUT2D eigenvalue weighted by Gasteiger charge is -2.54. The summed E-state index contributed by atoms with van der Waals surface area (Å²) in [5, 5.41) is 4.04. The van der Waals surface area contributed by atoms with E-state index in [1.807, 2.05) is 0 Å². The van der Waals surface area contributed by atoms with Gasteiger partial charge in [-0.3, -0.25) is 0 Å². The van der Waals surface area contributed by atoms with Crippen LogP contribution >= 0.6 is 0 Å². The van der Waals surface area contributed by atoms with Gasteiger partial charge in [-0.1, -0.05) is 85.3 Å². The molecule has 1 N–H and O–H groups in total. The Labute approximate surface area is 172 Å². The molecule has 3 aromatic rings. The molecule has 0 amide bonds.